The summed E-state index contributed by atoms with van der Waals surface area (Å²) < 4.78 is 0. The maximum absolute atomic E-state index is 11.3. The number of nitrogens with two attached hydrogens (primary N) is 1. The number of carboxylic acids is 1. The van der Waals surface area contributed by atoms with Crippen LogP contribution in [0.3, 0.4) is 0 Å². The molecule has 1 amide bonds. The number of hydrogen-bond donors (Lipinski definition) is 3. The summed E-state index contributed by atoms with van der Waals surface area (Å²) in [4.78, 5) is 21.7. The number of hydrogen-bond acceptors (Lipinski definition) is 4. The van der Waals surface area contributed by atoms with Gasteiger partial charge in [0.05, 0.1) is 5.25 Å². The third-order valence-electron chi connectivity index (χ3n) is 1.63. The number of carboxylic acid groups (broad SMARTS) is 1. The van der Waals surface area contributed by atoms with Gasteiger partial charge in [0.1, 0.15) is 6.04 Å². The lowest BCUT2D eigenvalue weighted by atomic mass is 10.4. The van der Waals surface area contributed by atoms with Gasteiger partial charge >= 0.3 is 5.97 Å². The zero-order valence-corrected chi connectivity index (χ0v) is 9.42. The zero-order chi connectivity index (χ0) is 11.8. The second-order valence-electron chi connectivity index (χ2n) is 2.95. The minimum absolute atomic E-state index is 0.141. The largest absolute Gasteiger partial charge is 0.480 e. The van der Waals surface area contributed by atoms with Crippen molar-refractivity contribution in [2.24, 2.45) is 5.73 Å². The van der Waals surface area contributed by atoms with Gasteiger partial charge in [-0.3, -0.25) is 9.59 Å². The van der Waals surface area contributed by atoms with Gasteiger partial charge in [0.15, 0.2) is 0 Å². The van der Waals surface area contributed by atoms with Crippen LogP contribution in [0.25, 0.3) is 0 Å². The van der Waals surface area contributed by atoms with Crippen molar-refractivity contribution in [2.75, 3.05) is 12.3 Å². The molecule has 4 N–H and O–H groups in total. The molecule has 0 fully saturated rings. The van der Waals surface area contributed by atoms with Crippen molar-refractivity contribution in [3.8, 4) is 0 Å². The molecule has 6 heteroatoms. The van der Waals surface area contributed by atoms with Gasteiger partial charge in [0.2, 0.25) is 5.91 Å². The SMILES string of the molecule is C=CCNC(=O)C(C)SC[C@H](N)C(=O)O. The standard InChI is InChI=1S/C9H16N2O3S/c1-3-4-11-8(12)6(2)15-5-7(10)9(13)14/h3,6-7H,1,4-5,10H2,2H3,(H,11,12)(H,13,14)/t6?,7-/m0/s1. The molecule has 0 aliphatic carbocycles. The normalized spacial score (nSPS) is 14.0. The van der Waals surface area contributed by atoms with Crippen molar-refractivity contribution in [2.45, 2.75) is 18.2 Å². The molecule has 0 saturated heterocycles. The Bertz CT molecular complexity index is 246. The summed E-state index contributed by atoms with van der Waals surface area (Å²) >= 11 is 1.22. The van der Waals surface area contributed by atoms with Crippen LogP contribution in [-0.4, -0.2) is 40.6 Å². The van der Waals surface area contributed by atoms with Gasteiger partial charge in [-0.2, -0.15) is 0 Å². The molecule has 0 aromatic carbocycles. The second kappa shape index (κ2) is 7.30. The topological polar surface area (TPSA) is 92.4 Å². The fraction of sp³-hybridized carbons (Fsp3) is 0.556. The Morgan fingerprint density at radius 1 is 1.67 bits per heavy atom. The van der Waals surface area contributed by atoms with E-state index in [2.05, 4.69) is 11.9 Å². The van der Waals surface area contributed by atoms with E-state index in [0.717, 1.165) is 0 Å². The van der Waals surface area contributed by atoms with Crippen LogP contribution >= 0.6 is 11.8 Å². The van der Waals surface area contributed by atoms with Crippen molar-refractivity contribution < 1.29 is 14.7 Å². The van der Waals surface area contributed by atoms with E-state index in [1.165, 1.54) is 11.8 Å². The Kier molecular flexibility index (Phi) is 6.81. The number of rotatable bonds is 7. The first-order chi connectivity index (χ1) is 6.99. The van der Waals surface area contributed by atoms with Crippen LogP contribution in [0.5, 0.6) is 0 Å². The molecule has 0 aliphatic heterocycles. The smallest absolute Gasteiger partial charge is 0.321 e. The van der Waals surface area contributed by atoms with Crippen molar-refractivity contribution in [3.05, 3.63) is 12.7 Å². The summed E-state index contributed by atoms with van der Waals surface area (Å²) in [5.41, 5.74) is 5.30. The molecule has 0 radical (unpaired) electrons. The van der Waals surface area contributed by atoms with E-state index >= 15 is 0 Å². The molecule has 0 saturated carbocycles. The molecular formula is C9H16N2O3S. The summed E-state index contributed by atoms with van der Waals surface area (Å²) in [7, 11) is 0. The quantitative estimate of drug-likeness (QED) is 0.530. The summed E-state index contributed by atoms with van der Waals surface area (Å²) in [6, 6.07) is -0.926. The average Bonchev–Trinajstić information content (AvgIpc) is 2.21. The summed E-state index contributed by atoms with van der Waals surface area (Å²) in [6.45, 7) is 5.59. The van der Waals surface area contributed by atoms with Crippen LogP contribution in [0, 0.1) is 0 Å². The maximum atomic E-state index is 11.3. The lowest BCUT2D eigenvalue weighted by Gasteiger charge is -2.12. The van der Waals surface area contributed by atoms with Crippen molar-refractivity contribution >= 4 is 23.6 Å². The highest BCUT2D eigenvalue weighted by molar-refractivity contribution is 8.00. The highest BCUT2D eigenvalue weighted by atomic mass is 32.2. The summed E-state index contributed by atoms with van der Waals surface area (Å²) in [6.07, 6.45) is 1.58. The van der Waals surface area contributed by atoms with E-state index in [1.54, 1.807) is 13.0 Å². The fourth-order valence-corrected chi connectivity index (χ4v) is 1.58. The number of amides is 1. The number of aliphatic carboxylic acids is 1. The van der Waals surface area contributed by atoms with Crippen LogP contribution < -0.4 is 11.1 Å². The van der Waals surface area contributed by atoms with Gasteiger partial charge in [-0.15, -0.1) is 18.3 Å². The molecule has 0 aromatic heterocycles. The molecule has 0 bridgehead atoms. The van der Waals surface area contributed by atoms with Gasteiger partial charge in [-0.25, -0.2) is 0 Å². The third-order valence-corrected chi connectivity index (χ3v) is 2.90. The van der Waals surface area contributed by atoms with Crippen LogP contribution in [-0.2, 0) is 9.59 Å². The van der Waals surface area contributed by atoms with Crippen LogP contribution in [0.1, 0.15) is 6.92 Å². The van der Waals surface area contributed by atoms with Crippen LogP contribution in [0.2, 0.25) is 0 Å². The zero-order valence-electron chi connectivity index (χ0n) is 8.60. The minimum Gasteiger partial charge on any atom is -0.480 e. The monoisotopic (exact) mass is 232 g/mol. The van der Waals surface area contributed by atoms with Crippen molar-refractivity contribution in [1.29, 1.82) is 0 Å². The first kappa shape index (κ1) is 14.0. The molecule has 1 unspecified atom stereocenters. The van der Waals surface area contributed by atoms with Gasteiger partial charge in [-0.1, -0.05) is 6.08 Å². The molecule has 2 atom stereocenters. The van der Waals surface area contributed by atoms with E-state index in [-0.39, 0.29) is 16.9 Å². The van der Waals surface area contributed by atoms with Gasteiger partial charge in [0.25, 0.3) is 0 Å². The van der Waals surface area contributed by atoms with Gasteiger partial charge in [-0.05, 0) is 6.92 Å². The highest BCUT2D eigenvalue weighted by Crippen LogP contribution is 2.11. The molecule has 0 spiro atoms. The molecular weight excluding hydrogens is 216 g/mol. The van der Waals surface area contributed by atoms with E-state index in [4.69, 9.17) is 10.8 Å². The second-order valence-corrected chi connectivity index (χ2v) is 4.33. The van der Waals surface area contributed by atoms with E-state index < -0.39 is 12.0 Å². The number of carbonyl (C=O) groups is 2. The van der Waals surface area contributed by atoms with Gasteiger partial charge in [0, 0.05) is 12.3 Å². The Labute approximate surface area is 93.1 Å². The lowest BCUT2D eigenvalue weighted by molar-refractivity contribution is -0.138. The third kappa shape index (κ3) is 6.14. The molecule has 86 valence electrons. The Hall–Kier alpha value is -1.01. The molecule has 0 heterocycles. The van der Waals surface area contributed by atoms with Crippen LogP contribution in [0.15, 0.2) is 12.7 Å². The number of thioether (sulfide) groups is 1. The average molecular weight is 232 g/mol. The Morgan fingerprint density at radius 2 is 2.27 bits per heavy atom. The minimum atomic E-state index is -1.05. The predicted octanol–water partition coefficient (Wildman–Crippen LogP) is -0.178. The summed E-state index contributed by atoms with van der Waals surface area (Å²) in [5.74, 6) is -0.975. The fourth-order valence-electron chi connectivity index (χ4n) is 0.711. The molecule has 5 nitrogen and oxygen atoms in total. The molecule has 0 aromatic rings. The van der Waals surface area contributed by atoms with Crippen molar-refractivity contribution in [1.82, 2.24) is 5.32 Å². The Morgan fingerprint density at radius 3 is 2.73 bits per heavy atom. The first-order valence-corrected chi connectivity index (χ1v) is 5.52. The first-order valence-electron chi connectivity index (χ1n) is 4.47. The maximum Gasteiger partial charge on any atom is 0.321 e. The molecule has 0 rings (SSSR count). The van der Waals surface area contributed by atoms with E-state index in [9.17, 15) is 9.59 Å². The highest BCUT2D eigenvalue weighted by Gasteiger charge is 2.17. The van der Waals surface area contributed by atoms with Crippen LogP contribution in [0.4, 0.5) is 0 Å². The molecule has 0 aliphatic rings. The number of nitrogens with one attached hydrogen (secondary N) is 1. The Balaban J connectivity index is 3.82. The van der Waals surface area contributed by atoms with E-state index in [0.29, 0.717) is 6.54 Å². The number of carbonyl (C=O) groups excluding carboxylic acids is 1. The van der Waals surface area contributed by atoms with E-state index in [1.807, 2.05) is 0 Å². The molecule has 15 heavy (non-hydrogen) atoms. The summed E-state index contributed by atoms with van der Waals surface area (Å²) in [5, 5.41) is 10.8. The lowest BCUT2D eigenvalue weighted by Crippen LogP contribution is -2.36. The predicted molar refractivity (Wildman–Crippen MR) is 60.7 cm³/mol. The van der Waals surface area contributed by atoms with Gasteiger partial charge < -0.3 is 16.2 Å². The van der Waals surface area contributed by atoms with Crippen molar-refractivity contribution in [3.63, 3.8) is 0 Å².